The number of rotatable bonds is 4. The van der Waals surface area contributed by atoms with Gasteiger partial charge in [-0.25, -0.2) is 4.98 Å². The molecule has 0 aliphatic heterocycles. The number of halogens is 1. The molecule has 1 aromatic carbocycles. The summed E-state index contributed by atoms with van der Waals surface area (Å²) in [6, 6.07) is 9.83. The van der Waals surface area contributed by atoms with Gasteiger partial charge in [0.1, 0.15) is 17.6 Å². The highest BCUT2D eigenvalue weighted by Crippen LogP contribution is 2.31. The van der Waals surface area contributed by atoms with Gasteiger partial charge in [0.15, 0.2) is 0 Å². The molecule has 21 heavy (non-hydrogen) atoms. The summed E-state index contributed by atoms with van der Waals surface area (Å²) in [4.78, 5) is 4.45. The molecule has 0 saturated carbocycles. The summed E-state index contributed by atoms with van der Waals surface area (Å²) >= 11 is 3.63. The Labute approximate surface area is 131 Å². The van der Waals surface area contributed by atoms with Crippen molar-refractivity contribution in [3.05, 3.63) is 70.6 Å². The first kappa shape index (κ1) is 13.9. The summed E-state index contributed by atoms with van der Waals surface area (Å²) in [5.41, 5.74) is 2.19. The van der Waals surface area contributed by atoms with Crippen molar-refractivity contribution in [3.8, 4) is 0 Å². The summed E-state index contributed by atoms with van der Waals surface area (Å²) in [6.07, 6.45) is 5.40. The molecule has 0 saturated heterocycles. The van der Waals surface area contributed by atoms with Gasteiger partial charge < -0.3 is 14.3 Å². The molecule has 2 aromatic heterocycles. The van der Waals surface area contributed by atoms with Gasteiger partial charge >= 0.3 is 0 Å². The molecular weight excluding hydrogens is 330 g/mol. The van der Waals surface area contributed by atoms with E-state index in [-0.39, 0.29) is 6.04 Å². The van der Waals surface area contributed by atoms with Crippen LogP contribution in [0, 0.1) is 6.92 Å². The molecule has 3 rings (SSSR count). The van der Waals surface area contributed by atoms with Gasteiger partial charge in [-0.15, -0.1) is 0 Å². The number of furan rings is 1. The zero-order valence-corrected chi connectivity index (χ0v) is 13.5. The van der Waals surface area contributed by atoms with Gasteiger partial charge in [0.2, 0.25) is 0 Å². The lowest BCUT2D eigenvalue weighted by Gasteiger charge is -2.19. The summed E-state index contributed by atoms with van der Waals surface area (Å²) in [5, 5.41) is 3.51. The monoisotopic (exact) mass is 345 g/mol. The zero-order valence-electron chi connectivity index (χ0n) is 11.9. The molecule has 5 heteroatoms. The molecule has 1 unspecified atom stereocenters. The van der Waals surface area contributed by atoms with E-state index in [0.717, 1.165) is 21.7 Å². The average molecular weight is 346 g/mol. The van der Waals surface area contributed by atoms with Crippen molar-refractivity contribution in [2.75, 3.05) is 5.32 Å². The van der Waals surface area contributed by atoms with Crippen LogP contribution in [0.4, 0.5) is 5.69 Å². The summed E-state index contributed by atoms with van der Waals surface area (Å²) in [7, 11) is 1.98. The molecule has 2 heterocycles. The largest absolute Gasteiger partial charge is 0.467 e. The van der Waals surface area contributed by atoms with Crippen LogP contribution in [0.5, 0.6) is 0 Å². The summed E-state index contributed by atoms with van der Waals surface area (Å²) in [6.45, 7) is 2.07. The van der Waals surface area contributed by atoms with Crippen LogP contribution >= 0.6 is 15.9 Å². The Hall–Kier alpha value is -2.01. The summed E-state index contributed by atoms with van der Waals surface area (Å²) < 4.78 is 8.63. The number of aryl methyl sites for hydroxylation is 2. The number of anilines is 1. The lowest BCUT2D eigenvalue weighted by molar-refractivity contribution is 0.488. The molecule has 0 radical (unpaired) electrons. The smallest absolute Gasteiger partial charge is 0.143 e. The van der Waals surface area contributed by atoms with Gasteiger partial charge in [0, 0.05) is 29.6 Å². The van der Waals surface area contributed by atoms with E-state index >= 15 is 0 Å². The summed E-state index contributed by atoms with van der Waals surface area (Å²) in [5.74, 6) is 1.73. The Bertz CT molecular complexity index is 734. The Kier molecular flexibility index (Phi) is 3.84. The maximum Gasteiger partial charge on any atom is 0.143 e. The molecule has 0 amide bonds. The normalized spacial score (nSPS) is 12.3. The van der Waals surface area contributed by atoms with Crippen molar-refractivity contribution in [2.45, 2.75) is 13.0 Å². The van der Waals surface area contributed by atoms with Gasteiger partial charge in [-0.3, -0.25) is 0 Å². The molecule has 1 N–H and O–H groups in total. The molecule has 0 aliphatic rings. The Morgan fingerprint density at radius 3 is 2.81 bits per heavy atom. The van der Waals surface area contributed by atoms with Crippen LogP contribution in [-0.2, 0) is 7.05 Å². The minimum absolute atomic E-state index is 0.141. The topological polar surface area (TPSA) is 43.0 Å². The number of nitrogens with zero attached hydrogens (tertiary/aromatic N) is 2. The number of nitrogens with one attached hydrogen (secondary N) is 1. The maximum absolute atomic E-state index is 5.59. The second-order valence-corrected chi connectivity index (χ2v) is 5.72. The number of imidazole rings is 1. The van der Waals surface area contributed by atoms with Crippen LogP contribution in [0.2, 0.25) is 0 Å². The van der Waals surface area contributed by atoms with Crippen LogP contribution in [0.1, 0.15) is 23.2 Å². The predicted octanol–water partition coefficient (Wildman–Crippen LogP) is 4.29. The third kappa shape index (κ3) is 2.74. The van der Waals surface area contributed by atoms with Gasteiger partial charge in [-0.05, 0) is 46.6 Å². The lowest BCUT2D eigenvalue weighted by atomic mass is 10.1. The average Bonchev–Trinajstić information content (AvgIpc) is 3.12. The van der Waals surface area contributed by atoms with Crippen LogP contribution in [-0.4, -0.2) is 9.55 Å². The first-order chi connectivity index (χ1) is 10.2. The fourth-order valence-electron chi connectivity index (χ4n) is 2.29. The van der Waals surface area contributed by atoms with Crippen LogP contribution in [0.25, 0.3) is 0 Å². The van der Waals surface area contributed by atoms with E-state index in [9.17, 15) is 0 Å². The minimum atomic E-state index is -0.141. The van der Waals surface area contributed by atoms with Crippen LogP contribution < -0.4 is 5.32 Å². The Balaban J connectivity index is 2.01. The van der Waals surface area contributed by atoms with Crippen molar-refractivity contribution in [1.29, 1.82) is 0 Å². The second-order valence-electron chi connectivity index (χ2n) is 4.93. The highest BCUT2D eigenvalue weighted by atomic mass is 79.9. The van der Waals surface area contributed by atoms with E-state index in [1.54, 1.807) is 12.5 Å². The van der Waals surface area contributed by atoms with E-state index in [0.29, 0.717) is 0 Å². The van der Waals surface area contributed by atoms with Crippen LogP contribution in [0.3, 0.4) is 0 Å². The van der Waals surface area contributed by atoms with Crippen molar-refractivity contribution in [1.82, 2.24) is 9.55 Å². The third-order valence-corrected chi connectivity index (χ3v) is 4.49. The first-order valence-corrected chi connectivity index (χ1v) is 7.48. The number of hydrogen-bond acceptors (Lipinski definition) is 3. The number of benzene rings is 1. The zero-order chi connectivity index (χ0) is 14.8. The highest BCUT2D eigenvalue weighted by Gasteiger charge is 2.21. The van der Waals surface area contributed by atoms with E-state index in [1.807, 2.05) is 42.1 Å². The molecule has 0 bridgehead atoms. The van der Waals surface area contributed by atoms with Crippen molar-refractivity contribution in [2.24, 2.45) is 7.05 Å². The highest BCUT2D eigenvalue weighted by molar-refractivity contribution is 9.10. The van der Waals surface area contributed by atoms with Gasteiger partial charge in [0.05, 0.1) is 6.26 Å². The number of aromatic nitrogens is 2. The fourth-order valence-corrected chi connectivity index (χ4v) is 2.67. The molecular formula is C16H16BrN3O. The predicted molar refractivity (Wildman–Crippen MR) is 86.3 cm³/mol. The van der Waals surface area contributed by atoms with Gasteiger partial charge in [0.25, 0.3) is 0 Å². The minimum Gasteiger partial charge on any atom is -0.467 e. The SMILES string of the molecule is Cc1cccc(NC(c2ccco2)c2nccn2C)c1Br. The Morgan fingerprint density at radius 1 is 1.29 bits per heavy atom. The van der Waals surface area contributed by atoms with E-state index in [1.165, 1.54) is 5.56 Å². The molecule has 108 valence electrons. The van der Waals surface area contributed by atoms with E-state index in [2.05, 4.69) is 39.2 Å². The molecule has 0 aliphatic carbocycles. The van der Waals surface area contributed by atoms with E-state index < -0.39 is 0 Å². The van der Waals surface area contributed by atoms with Crippen LogP contribution in [0.15, 0.2) is 57.9 Å². The molecule has 3 aromatic rings. The standard InChI is InChI=1S/C16H16BrN3O/c1-11-5-3-6-12(14(11)17)19-15(13-7-4-10-21-13)16-18-8-9-20(16)2/h3-10,15,19H,1-2H3. The quantitative estimate of drug-likeness (QED) is 0.767. The Morgan fingerprint density at radius 2 is 2.14 bits per heavy atom. The van der Waals surface area contributed by atoms with E-state index in [4.69, 9.17) is 4.42 Å². The molecule has 1 atom stereocenters. The van der Waals surface area contributed by atoms with Crippen molar-refractivity contribution < 1.29 is 4.42 Å². The van der Waals surface area contributed by atoms with Gasteiger partial charge in [-0.1, -0.05) is 12.1 Å². The molecule has 0 fully saturated rings. The first-order valence-electron chi connectivity index (χ1n) is 6.69. The third-order valence-electron chi connectivity index (χ3n) is 3.44. The maximum atomic E-state index is 5.59. The fraction of sp³-hybridized carbons (Fsp3) is 0.188. The van der Waals surface area contributed by atoms with Crippen molar-refractivity contribution >= 4 is 21.6 Å². The molecule has 0 spiro atoms. The van der Waals surface area contributed by atoms with Crippen molar-refractivity contribution in [3.63, 3.8) is 0 Å². The lowest BCUT2D eigenvalue weighted by Crippen LogP contribution is -2.16. The number of hydrogen-bond donors (Lipinski definition) is 1. The second kappa shape index (κ2) is 5.77. The molecule has 4 nitrogen and oxygen atoms in total. The van der Waals surface area contributed by atoms with Gasteiger partial charge in [-0.2, -0.15) is 0 Å².